The normalized spacial score (nSPS) is 36.5. The molecule has 1 N–H and O–H groups in total. The third kappa shape index (κ3) is 2.71. The van der Waals surface area contributed by atoms with Crippen molar-refractivity contribution in [3.63, 3.8) is 0 Å². The maximum absolute atomic E-state index is 12.6. The Morgan fingerprint density at radius 1 is 1.30 bits per heavy atom. The number of carbonyl (C=O) groups excluding carboxylic acids is 1. The molecule has 1 amide bonds. The first-order valence-corrected chi connectivity index (χ1v) is 10.4. The van der Waals surface area contributed by atoms with Gasteiger partial charge in [0.15, 0.2) is 0 Å². The summed E-state index contributed by atoms with van der Waals surface area (Å²) in [6.07, 6.45) is 3.45. The maximum atomic E-state index is 12.6. The first kappa shape index (κ1) is 18.8. The lowest BCUT2D eigenvalue weighted by Crippen LogP contribution is -2.59. The standard InChI is InChI=1S/C23H33NO3/c1-14(2)20(25)24-21-22(3,4)15-12-17-19(27-11-10-23(17,21)13-15)16-8-6-7-9-18(16)26-5/h6-9,14-15,17,19,21H,10-13H2,1-5H3,(H,24,25)/t15-,17-,19-,21-,23-/m1/s1. The van der Waals surface area contributed by atoms with Gasteiger partial charge < -0.3 is 14.8 Å². The molecule has 2 aliphatic carbocycles. The van der Waals surface area contributed by atoms with Gasteiger partial charge in [0.25, 0.3) is 0 Å². The number of hydrogen-bond acceptors (Lipinski definition) is 3. The number of benzene rings is 1. The first-order chi connectivity index (χ1) is 12.8. The van der Waals surface area contributed by atoms with Crippen LogP contribution in [0.15, 0.2) is 24.3 Å². The topological polar surface area (TPSA) is 47.6 Å². The highest BCUT2D eigenvalue weighted by molar-refractivity contribution is 5.78. The van der Waals surface area contributed by atoms with Crippen LogP contribution in [0.4, 0.5) is 0 Å². The molecule has 2 saturated carbocycles. The zero-order chi connectivity index (χ0) is 19.4. The summed E-state index contributed by atoms with van der Waals surface area (Å²) in [5.41, 5.74) is 1.41. The van der Waals surface area contributed by atoms with E-state index in [4.69, 9.17) is 9.47 Å². The Morgan fingerprint density at radius 3 is 2.74 bits per heavy atom. The van der Waals surface area contributed by atoms with E-state index in [1.54, 1.807) is 7.11 Å². The number of carbonyl (C=O) groups is 1. The van der Waals surface area contributed by atoms with Crippen molar-refractivity contribution in [3.8, 4) is 5.75 Å². The molecule has 1 aliphatic heterocycles. The molecule has 3 fully saturated rings. The predicted octanol–water partition coefficient (Wildman–Crippen LogP) is 4.35. The largest absolute Gasteiger partial charge is 0.496 e. The second kappa shape index (κ2) is 6.51. The summed E-state index contributed by atoms with van der Waals surface area (Å²) >= 11 is 0. The number of para-hydroxylation sites is 1. The fourth-order valence-corrected chi connectivity index (χ4v) is 6.31. The molecule has 1 heterocycles. The second-order valence-corrected chi connectivity index (χ2v) is 9.68. The van der Waals surface area contributed by atoms with Gasteiger partial charge in [-0.05, 0) is 48.0 Å². The molecule has 5 atom stereocenters. The quantitative estimate of drug-likeness (QED) is 0.856. The molecule has 2 bridgehead atoms. The van der Waals surface area contributed by atoms with Crippen molar-refractivity contribution in [1.82, 2.24) is 5.32 Å². The van der Waals surface area contributed by atoms with Crippen LogP contribution in [-0.2, 0) is 9.53 Å². The fraction of sp³-hybridized carbons (Fsp3) is 0.696. The molecular formula is C23H33NO3. The van der Waals surface area contributed by atoms with Crippen LogP contribution in [0.5, 0.6) is 5.75 Å². The van der Waals surface area contributed by atoms with Crippen LogP contribution in [0.1, 0.15) is 58.6 Å². The smallest absolute Gasteiger partial charge is 0.222 e. The van der Waals surface area contributed by atoms with Crippen molar-refractivity contribution in [1.29, 1.82) is 0 Å². The number of rotatable bonds is 4. The third-order valence-corrected chi connectivity index (χ3v) is 7.76. The van der Waals surface area contributed by atoms with Crippen molar-refractivity contribution in [2.45, 2.75) is 59.1 Å². The number of fused-ring (bicyclic) bond motifs is 1. The Morgan fingerprint density at radius 2 is 2.04 bits per heavy atom. The van der Waals surface area contributed by atoms with Gasteiger partial charge in [-0.2, -0.15) is 0 Å². The molecule has 1 aromatic rings. The minimum atomic E-state index is 0.0135. The van der Waals surface area contributed by atoms with E-state index in [9.17, 15) is 4.79 Å². The molecule has 3 aliphatic rings. The van der Waals surface area contributed by atoms with Gasteiger partial charge in [0.1, 0.15) is 5.75 Å². The van der Waals surface area contributed by atoms with Gasteiger partial charge >= 0.3 is 0 Å². The molecule has 1 spiro atoms. The number of amides is 1. The molecule has 4 nitrogen and oxygen atoms in total. The van der Waals surface area contributed by atoms with Gasteiger partial charge in [-0.15, -0.1) is 0 Å². The van der Waals surface area contributed by atoms with Gasteiger partial charge in [0.2, 0.25) is 5.91 Å². The van der Waals surface area contributed by atoms with Crippen molar-refractivity contribution in [2.75, 3.05) is 13.7 Å². The molecule has 0 aromatic heterocycles. The van der Waals surface area contributed by atoms with Gasteiger partial charge in [0, 0.05) is 24.1 Å². The molecule has 4 rings (SSSR count). The molecule has 1 saturated heterocycles. The van der Waals surface area contributed by atoms with Gasteiger partial charge in [-0.3, -0.25) is 4.79 Å². The number of ether oxygens (including phenoxy) is 2. The molecule has 4 heteroatoms. The molecule has 148 valence electrons. The van der Waals surface area contributed by atoms with E-state index >= 15 is 0 Å². The lowest BCUT2D eigenvalue weighted by Gasteiger charge is -2.53. The molecule has 27 heavy (non-hydrogen) atoms. The zero-order valence-electron chi connectivity index (χ0n) is 17.2. The lowest BCUT2D eigenvalue weighted by atomic mass is 9.58. The molecular weight excluding hydrogens is 338 g/mol. The van der Waals surface area contributed by atoms with E-state index < -0.39 is 0 Å². The molecule has 0 radical (unpaired) electrons. The van der Waals surface area contributed by atoms with E-state index in [-0.39, 0.29) is 34.8 Å². The summed E-state index contributed by atoms with van der Waals surface area (Å²) in [5.74, 6) is 2.15. The van der Waals surface area contributed by atoms with Gasteiger partial charge in [-0.1, -0.05) is 45.9 Å². The van der Waals surface area contributed by atoms with Crippen LogP contribution < -0.4 is 10.1 Å². The van der Waals surface area contributed by atoms with Gasteiger partial charge in [0.05, 0.1) is 13.2 Å². The Bertz CT molecular complexity index is 728. The fourth-order valence-electron chi connectivity index (χ4n) is 6.31. The van der Waals surface area contributed by atoms with E-state index in [2.05, 4.69) is 31.3 Å². The van der Waals surface area contributed by atoms with Crippen molar-refractivity contribution in [2.24, 2.45) is 28.6 Å². The van der Waals surface area contributed by atoms with Crippen LogP contribution in [0.3, 0.4) is 0 Å². The predicted molar refractivity (Wildman–Crippen MR) is 106 cm³/mol. The summed E-state index contributed by atoms with van der Waals surface area (Å²) in [6, 6.07) is 8.45. The van der Waals surface area contributed by atoms with E-state index in [0.29, 0.717) is 11.8 Å². The Balaban J connectivity index is 1.71. The average Bonchev–Trinajstić information content (AvgIpc) is 3.14. The highest BCUT2D eigenvalue weighted by Crippen LogP contribution is 2.70. The van der Waals surface area contributed by atoms with Crippen LogP contribution >= 0.6 is 0 Å². The summed E-state index contributed by atoms with van der Waals surface area (Å²) in [5, 5.41) is 3.46. The first-order valence-electron chi connectivity index (χ1n) is 10.4. The van der Waals surface area contributed by atoms with E-state index in [1.165, 1.54) is 12.8 Å². The lowest BCUT2D eigenvalue weighted by molar-refractivity contribution is -0.139. The van der Waals surface area contributed by atoms with E-state index in [0.717, 1.165) is 24.3 Å². The highest BCUT2D eigenvalue weighted by Gasteiger charge is 2.68. The summed E-state index contributed by atoms with van der Waals surface area (Å²) < 4.78 is 12.0. The number of methoxy groups -OCH3 is 1. The minimum absolute atomic E-state index is 0.0135. The Hall–Kier alpha value is -1.55. The Kier molecular flexibility index (Phi) is 4.53. The monoisotopic (exact) mass is 371 g/mol. The minimum Gasteiger partial charge on any atom is -0.496 e. The highest BCUT2D eigenvalue weighted by atomic mass is 16.5. The maximum Gasteiger partial charge on any atom is 0.222 e. The summed E-state index contributed by atoms with van der Waals surface area (Å²) in [7, 11) is 1.73. The SMILES string of the molecule is COc1ccccc1[C@H]1OCC[C@@]23C[C@@H](C[C@H]12)C(C)(C)[C@H]3NC(=O)C(C)C. The number of hydrogen-bond donors (Lipinski definition) is 1. The summed E-state index contributed by atoms with van der Waals surface area (Å²) in [6.45, 7) is 9.40. The number of nitrogens with one attached hydrogen (secondary N) is 1. The summed E-state index contributed by atoms with van der Waals surface area (Å²) in [4.78, 5) is 12.6. The molecule has 0 unspecified atom stereocenters. The average molecular weight is 372 g/mol. The van der Waals surface area contributed by atoms with E-state index in [1.807, 2.05) is 26.0 Å². The van der Waals surface area contributed by atoms with Crippen molar-refractivity contribution in [3.05, 3.63) is 29.8 Å². The van der Waals surface area contributed by atoms with Crippen LogP contribution in [0.2, 0.25) is 0 Å². The second-order valence-electron chi connectivity index (χ2n) is 9.68. The zero-order valence-corrected chi connectivity index (χ0v) is 17.2. The Labute approximate surface area is 163 Å². The molecule has 1 aromatic carbocycles. The van der Waals surface area contributed by atoms with Crippen LogP contribution in [-0.4, -0.2) is 25.7 Å². The van der Waals surface area contributed by atoms with Crippen molar-refractivity contribution < 1.29 is 14.3 Å². The third-order valence-electron chi connectivity index (χ3n) is 7.76. The van der Waals surface area contributed by atoms with Gasteiger partial charge in [-0.25, -0.2) is 0 Å². The van der Waals surface area contributed by atoms with Crippen LogP contribution in [0, 0.1) is 28.6 Å². The van der Waals surface area contributed by atoms with Crippen LogP contribution in [0.25, 0.3) is 0 Å². The van der Waals surface area contributed by atoms with Crippen molar-refractivity contribution >= 4 is 5.91 Å².